The van der Waals surface area contributed by atoms with E-state index in [-0.39, 0.29) is 5.88 Å². The number of unbranched alkanes of at least 4 members (excludes halogenated alkanes) is 4. The summed E-state index contributed by atoms with van der Waals surface area (Å²) in [4.78, 5) is 11.3. The number of aromatic hydroxyl groups is 1. The van der Waals surface area contributed by atoms with E-state index >= 15 is 0 Å². The first kappa shape index (κ1) is 19.8. The molecule has 0 fully saturated rings. The van der Waals surface area contributed by atoms with Gasteiger partial charge in [-0.3, -0.25) is 0 Å². The molecule has 0 amide bonds. The normalized spacial score (nSPS) is 10.9. The minimum atomic E-state index is -0.492. The second kappa shape index (κ2) is 10.4. The van der Waals surface area contributed by atoms with E-state index in [9.17, 15) is 9.90 Å². The fraction of sp³-hybridized carbons (Fsp3) is 0.348. The van der Waals surface area contributed by atoms with Crippen LogP contribution in [0.5, 0.6) is 11.6 Å². The predicted molar refractivity (Wildman–Crippen MR) is 109 cm³/mol. The van der Waals surface area contributed by atoms with Crippen LogP contribution in [0, 0.1) is 0 Å². The lowest BCUT2D eigenvalue weighted by Gasteiger charge is -2.07. The van der Waals surface area contributed by atoms with Crippen LogP contribution in [0.4, 0.5) is 0 Å². The van der Waals surface area contributed by atoms with Gasteiger partial charge in [-0.25, -0.2) is 9.36 Å². The Bertz CT molecular complexity index is 881. The van der Waals surface area contributed by atoms with Crippen LogP contribution in [-0.2, 0) is 19.6 Å². The number of oxazole rings is 1. The lowest BCUT2D eigenvalue weighted by atomic mass is 10.1. The quantitative estimate of drug-likeness (QED) is 0.479. The van der Waals surface area contributed by atoms with Crippen LogP contribution in [0.15, 0.2) is 70.1 Å². The van der Waals surface area contributed by atoms with Gasteiger partial charge in [0.25, 0.3) is 0 Å². The van der Waals surface area contributed by atoms with Crippen LogP contribution in [-0.4, -0.2) is 9.67 Å². The van der Waals surface area contributed by atoms with E-state index in [0.29, 0.717) is 13.2 Å². The van der Waals surface area contributed by atoms with Gasteiger partial charge < -0.3 is 14.3 Å². The first-order valence-corrected chi connectivity index (χ1v) is 9.85. The molecule has 0 bridgehead atoms. The van der Waals surface area contributed by atoms with Crippen LogP contribution >= 0.6 is 0 Å². The Morgan fingerprint density at radius 3 is 2.29 bits per heavy atom. The molecule has 0 atom stereocenters. The fourth-order valence-corrected chi connectivity index (χ4v) is 3.15. The molecular formula is C23H27NO4. The SMILES string of the molecule is O=c1occ(O)n1CCCCCCCc1ccc(OCc2ccccc2)cc1. The van der Waals surface area contributed by atoms with E-state index in [1.54, 1.807) is 0 Å². The Morgan fingerprint density at radius 2 is 1.57 bits per heavy atom. The van der Waals surface area contributed by atoms with Crippen molar-refractivity contribution in [3.05, 3.63) is 82.5 Å². The molecule has 0 saturated heterocycles. The van der Waals surface area contributed by atoms with Crippen molar-refractivity contribution in [3.63, 3.8) is 0 Å². The topological polar surface area (TPSA) is 64.6 Å². The van der Waals surface area contributed by atoms with Gasteiger partial charge in [-0.05, 0) is 42.5 Å². The molecule has 0 spiro atoms. The lowest BCUT2D eigenvalue weighted by molar-refractivity contribution is 0.306. The van der Waals surface area contributed by atoms with Crippen molar-refractivity contribution in [1.29, 1.82) is 0 Å². The molecule has 0 aliphatic heterocycles. The number of hydrogen-bond acceptors (Lipinski definition) is 4. The van der Waals surface area contributed by atoms with Gasteiger partial charge in [0, 0.05) is 6.54 Å². The summed E-state index contributed by atoms with van der Waals surface area (Å²) in [6.07, 6.45) is 7.44. The summed E-state index contributed by atoms with van der Waals surface area (Å²) >= 11 is 0. The van der Waals surface area contributed by atoms with Gasteiger partial charge in [0.05, 0.1) is 0 Å². The highest BCUT2D eigenvalue weighted by atomic mass is 16.5. The molecule has 148 valence electrons. The molecule has 0 aliphatic rings. The van der Waals surface area contributed by atoms with Crippen LogP contribution < -0.4 is 10.5 Å². The van der Waals surface area contributed by atoms with E-state index in [1.807, 2.05) is 30.3 Å². The van der Waals surface area contributed by atoms with E-state index < -0.39 is 5.76 Å². The minimum absolute atomic E-state index is 0.0961. The third-order valence-electron chi connectivity index (χ3n) is 4.78. The highest BCUT2D eigenvalue weighted by Crippen LogP contribution is 2.16. The van der Waals surface area contributed by atoms with E-state index in [1.165, 1.54) is 15.7 Å². The summed E-state index contributed by atoms with van der Waals surface area (Å²) < 4.78 is 11.7. The van der Waals surface area contributed by atoms with Crippen molar-refractivity contribution in [2.45, 2.75) is 51.7 Å². The third kappa shape index (κ3) is 6.05. The van der Waals surface area contributed by atoms with Crippen LogP contribution in [0.1, 0.15) is 43.2 Å². The lowest BCUT2D eigenvalue weighted by Crippen LogP contribution is -2.13. The zero-order chi connectivity index (χ0) is 19.6. The van der Waals surface area contributed by atoms with Gasteiger partial charge in [-0.2, -0.15) is 0 Å². The van der Waals surface area contributed by atoms with Crippen molar-refractivity contribution in [1.82, 2.24) is 4.57 Å². The van der Waals surface area contributed by atoms with Crippen molar-refractivity contribution < 1.29 is 14.3 Å². The highest BCUT2D eigenvalue weighted by molar-refractivity contribution is 5.27. The number of hydrogen-bond donors (Lipinski definition) is 1. The van der Waals surface area contributed by atoms with Gasteiger partial charge in [0.15, 0.2) is 6.26 Å². The molecule has 1 aromatic heterocycles. The van der Waals surface area contributed by atoms with Gasteiger partial charge >= 0.3 is 5.76 Å². The molecule has 1 heterocycles. The number of aromatic nitrogens is 1. The molecule has 1 N–H and O–H groups in total. The average molecular weight is 381 g/mol. The minimum Gasteiger partial charge on any atom is -0.492 e. The molecule has 28 heavy (non-hydrogen) atoms. The van der Waals surface area contributed by atoms with E-state index in [0.717, 1.165) is 50.5 Å². The highest BCUT2D eigenvalue weighted by Gasteiger charge is 2.05. The van der Waals surface area contributed by atoms with E-state index in [2.05, 4.69) is 28.7 Å². The molecular weight excluding hydrogens is 354 g/mol. The van der Waals surface area contributed by atoms with Crippen LogP contribution in [0.25, 0.3) is 0 Å². The molecule has 5 heteroatoms. The maximum absolute atomic E-state index is 11.3. The Balaban J connectivity index is 1.28. The number of rotatable bonds is 11. The molecule has 0 aliphatic carbocycles. The Hall–Kier alpha value is -2.95. The van der Waals surface area contributed by atoms with Gasteiger partial charge in [-0.1, -0.05) is 61.7 Å². The molecule has 3 aromatic rings. The fourth-order valence-electron chi connectivity index (χ4n) is 3.15. The van der Waals surface area contributed by atoms with Crippen molar-refractivity contribution >= 4 is 0 Å². The van der Waals surface area contributed by atoms with Gasteiger partial charge in [0.1, 0.15) is 12.4 Å². The smallest absolute Gasteiger partial charge is 0.421 e. The Labute approximate surface area is 165 Å². The molecule has 3 rings (SSSR count). The summed E-state index contributed by atoms with van der Waals surface area (Å²) in [5, 5.41) is 9.47. The summed E-state index contributed by atoms with van der Waals surface area (Å²) in [5.74, 6) is 0.306. The average Bonchev–Trinajstić information content (AvgIpc) is 3.05. The summed E-state index contributed by atoms with van der Waals surface area (Å²) in [5.41, 5.74) is 2.49. The monoisotopic (exact) mass is 381 g/mol. The first-order valence-electron chi connectivity index (χ1n) is 9.85. The predicted octanol–water partition coefficient (Wildman–Crippen LogP) is 4.92. The zero-order valence-electron chi connectivity index (χ0n) is 16.0. The Kier molecular flexibility index (Phi) is 7.36. The molecule has 0 radical (unpaired) electrons. The van der Waals surface area contributed by atoms with Gasteiger partial charge in [-0.15, -0.1) is 0 Å². The summed E-state index contributed by atoms with van der Waals surface area (Å²) in [6, 6.07) is 18.5. The first-order chi connectivity index (χ1) is 13.7. The summed E-state index contributed by atoms with van der Waals surface area (Å²) in [6.45, 7) is 1.09. The van der Waals surface area contributed by atoms with Gasteiger partial charge in [0.2, 0.25) is 5.88 Å². The zero-order valence-corrected chi connectivity index (χ0v) is 16.0. The molecule has 2 aromatic carbocycles. The largest absolute Gasteiger partial charge is 0.492 e. The summed E-state index contributed by atoms with van der Waals surface area (Å²) in [7, 11) is 0. The molecule has 0 saturated carbocycles. The number of nitrogens with zero attached hydrogens (tertiary/aromatic N) is 1. The Morgan fingerprint density at radius 1 is 0.857 bits per heavy atom. The number of ether oxygens (including phenoxy) is 1. The van der Waals surface area contributed by atoms with Crippen molar-refractivity contribution in [2.24, 2.45) is 0 Å². The van der Waals surface area contributed by atoms with Crippen LogP contribution in [0.3, 0.4) is 0 Å². The van der Waals surface area contributed by atoms with Crippen LogP contribution in [0.2, 0.25) is 0 Å². The maximum Gasteiger partial charge on any atom is 0.421 e. The number of aryl methyl sites for hydroxylation is 1. The van der Waals surface area contributed by atoms with Crippen molar-refractivity contribution in [2.75, 3.05) is 0 Å². The maximum atomic E-state index is 11.3. The third-order valence-corrected chi connectivity index (χ3v) is 4.78. The molecule has 5 nitrogen and oxygen atoms in total. The standard InChI is InChI=1S/C23H27NO4/c25-22-18-28-23(26)24(22)16-8-3-1-2-5-9-19-12-14-21(15-13-19)27-17-20-10-6-4-7-11-20/h4,6-7,10-15,18,25H,1-3,5,8-9,16-17H2. The second-order valence-corrected chi connectivity index (χ2v) is 6.95. The molecule has 0 unspecified atom stereocenters. The number of benzene rings is 2. The second-order valence-electron chi connectivity index (χ2n) is 6.95. The van der Waals surface area contributed by atoms with E-state index in [4.69, 9.17) is 4.74 Å². The van der Waals surface area contributed by atoms with Crippen molar-refractivity contribution in [3.8, 4) is 11.6 Å².